The third-order valence-corrected chi connectivity index (χ3v) is 5.27. The highest BCUT2D eigenvalue weighted by Gasteiger charge is 2.22. The molecule has 1 aromatic carbocycles. The van der Waals surface area contributed by atoms with Gasteiger partial charge in [0.25, 0.3) is 0 Å². The Morgan fingerprint density at radius 3 is 2.58 bits per heavy atom. The van der Waals surface area contributed by atoms with Crippen molar-refractivity contribution >= 4 is 16.9 Å². The third-order valence-electron chi connectivity index (χ3n) is 5.27. The van der Waals surface area contributed by atoms with Crippen LogP contribution >= 0.6 is 0 Å². The van der Waals surface area contributed by atoms with Crippen molar-refractivity contribution in [3.63, 3.8) is 0 Å². The monoisotopic (exact) mass is 328 g/mol. The number of hydrogen-bond acceptors (Lipinski definition) is 2. The number of aryl methyl sites for hydroxylation is 2. The van der Waals surface area contributed by atoms with Crippen molar-refractivity contribution in [2.24, 2.45) is 0 Å². The Kier molecular flexibility index (Phi) is 5.24. The molecule has 3 rings (SSSR count). The topological polar surface area (TPSA) is 54.3 Å². The number of aromatic carboxylic acids is 1. The van der Waals surface area contributed by atoms with Gasteiger partial charge >= 0.3 is 5.97 Å². The number of carbonyl (C=O) groups is 1. The van der Waals surface area contributed by atoms with Gasteiger partial charge in [0.2, 0.25) is 0 Å². The Hall–Kier alpha value is -1.81. The first-order chi connectivity index (χ1) is 11.6. The molecule has 0 bridgehead atoms. The fraction of sp³-hybridized carbons (Fsp3) is 0.550. The van der Waals surface area contributed by atoms with Crippen LogP contribution in [0.1, 0.15) is 67.1 Å². The van der Waals surface area contributed by atoms with Crippen LogP contribution in [-0.4, -0.2) is 21.7 Å². The number of carboxylic acids is 1. The Bertz CT molecular complexity index is 725. The van der Waals surface area contributed by atoms with Gasteiger partial charge in [0.1, 0.15) is 5.69 Å². The Balaban J connectivity index is 1.96. The lowest BCUT2D eigenvalue weighted by Gasteiger charge is -2.16. The van der Waals surface area contributed by atoms with E-state index >= 15 is 0 Å². The number of hydrogen-bond donors (Lipinski definition) is 2. The predicted octanol–water partition coefficient (Wildman–Crippen LogP) is 4.48. The van der Waals surface area contributed by atoms with Crippen molar-refractivity contribution in [2.45, 2.75) is 71.5 Å². The van der Waals surface area contributed by atoms with E-state index in [-0.39, 0.29) is 0 Å². The van der Waals surface area contributed by atoms with E-state index in [0.717, 1.165) is 22.0 Å². The quantitative estimate of drug-likeness (QED) is 0.796. The largest absolute Gasteiger partial charge is 0.477 e. The lowest BCUT2D eigenvalue weighted by Crippen LogP contribution is -2.28. The highest BCUT2D eigenvalue weighted by molar-refractivity contribution is 5.98. The van der Waals surface area contributed by atoms with E-state index in [2.05, 4.69) is 30.4 Å². The van der Waals surface area contributed by atoms with Gasteiger partial charge in [-0.25, -0.2) is 4.79 Å². The molecule has 24 heavy (non-hydrogen) atoms. The zero-order valence-corrected chi connectivity index (χ0v) is 14.8. The van der Waals surface area contributed by atoms with Gasteiger partial charge in [0.15, 0.2) is 0 Å². The van der Waals surface area contributed by atoms with Crippen molar-refractivity contribution in [1.82, 2.24) is 9.88 Å². The summed E-state index contributed by atoms with van der Waals surface area (Å²) in [7, 11) is 0. The molecule has 0 unspecified atom stereocenters. The van der Waals surface area contributed by atoms with Crippen LogP contribution in [-0.2, 0) is 13.1 Å². The Morgan fingerprint density at radius 1 is 1.25 bits per heavy atom. The van der Waals surface area contributed by atoms with E-state index in [4.69, 9.17) is 0 Å². The number of carboxylic acid groups (broad SMARTS) is 1. The minimum absolute atomic E-state index is 0.444. The normalized spacial score (nSPS) is 16.4. The van der Waals surface area contributed by atoms with Gasteiger partial charge in [-0.15, -0.1) is 0 Å². The fourth-order valence-corrected chi connectivity index (χ4v) is 4.01. The van der Waals surface area contributed by atoms with Gasteiger partial charge in [0.05, 0.1) is 0 Å². The fourth-order valence-electron chi connectivity index (χ4n) is 4.01. The predicted molar refractivity (Wildman–Crippen MR) is 97.6 cm³/mol. The molecule has 1 heterocycles. The van der Waals surface area contributed by atoms with Crippen LogP contribution in [0.15, 0.2) is 18.2 Å². The van der Waals surface area contributed by atoms with Crippen LogP contribution in [0.3, 0.4) is 0 Å². The molecule has 0 amide bonds. The van der Waals surface area contributed by atoms with E-state index in [1.54, 1.807) is 0 Å². The average molecular weight is 328 g/mol. The smallest absolute Gasteiger partial charge is 0.352 e. The molecule has 1 fully saturated rings. The zero-order chi connectivity index (χ0) is 17.1. The van der Waals surface area contributed by atoms with Crippen molar-refractivity contribution in [3.8, 4) is 0 Å². The number of fused-ring (bicyclic) bond motifs is 1. The van der Waals surface area contributed by atoms with Gasteiger partial charge in [-0.2, -0.15) is 0 Å². The van der Waals surface area contributed by atoms with Gasteiger partial charge < -0.3 is 15.0 Å². The van der Waals surface area contributed by atoms with Gasteiger partial charge in [-0.05, 0) is 38.3 Å². The van der Waals surface area contributed by atoms with E-state index in [1.807, 2.05) is 11.5 Å². The van der Waals surface area contributed by atoms with E-state index in [9.17, 15) is 9.90 Å². The molecule has 130 valence electrons. The molecule has 0 radical (unpaired) electrons. The summed E-state index contributed by atoms with van der Waals surface area (Å²) in [5.41, 5.74) is 3.57. The zero-order valence-electron chi connectivity index (χ0n) is 14.8. The molecule has 0 atom stereocenters. The molecular weight excluding hydrogens is 300 g/mol. The standard InChI is InChI=1S/C20H28N2O2/c1-3-22-18-12-14(2)10-11-16(18)17(19(22)20(23)24)13-21-15-8-6-4-5-7-9-15/h10-12,15,21H,3-9,13H2,1-2H3,(H,23,24). The molecule has 0 saturated heterocycles. The van der Waals surface area contributed by atoms with Crippen molar-refractivity contribution in [1.29, 1.82) is 0 Å². The van der Waals surface area contributed by atoms with Crippen LogP contribution in [0.25, 0.3) is 10.9 Å². The van der Waals surface area contributed by atoms with Crippen LogP contribution in [0.5, 0.6) is 0 Å². The molecule has 0 aliphatic heterocycles. The number of benzene rings is 1. The molecule has 1 aliphatic rings. The Morgan fingerprint density at radius 2 is 1.96 bits per heavy atom. The molecule has 1 aliphatic carbocycles. The minimum atomic E-state index is -0.830. The summed E-state index contributed by atoms with van der Waals surface area (Å²) < 4.78 is 1.94. The maximum Gasteiger partial charge on any atom is 0.352 e. The SMILES string of the molecule is CCn1c(C(=O)O)c(CNC2CCCCCC2)c2ccc(C)cc21. The second-order valence-electron chi connectivity index (χ2n) is 6.97. The molecule has 2 N–H and O–H groups in total. The van der Waals surface area contributed by atoms with Crippen molar-refractivity contribution in [2.75, 3.05) is 0 Å². The van der Waals surface area contributed by atoms with Crippen molar-refractivity contribution in [3.05, 3.63) is 35.0 Å². The van der Waals surface area contributed by atoms with E-state index in [0.29, 0.717) is 24.8 Å². The van der Waals surface area contributed by atoms with Gasteiger partial charge in [-0.1, -0.05) is 37.8 Å². The van der Waals surface area contributed by atoms with Crippen LogP contribution in [0, 0.1) is 6.92 Å². The molecular formula is C20H28N2O2. The summed E-state index contributed by atoms with van der Waals surface area (Å²) in [6.07, 6.45) is 7.61. The highest BCUT2D eigenvalue weighted by atomic mass is 16.4. The second-order valence-corrected chi connectivity index (χ2v) is 6.97. The Labute approximate surface area is 143 Å². The molecule has 4 heteroatoms. The molecule has 2 aromatic rings. The number of aromatic nitrogens is 1. The average Bonchev–Trinajstić information content (AvgIpc) is 2.71. The van der Waals surface area contributed by atoms with Crippen LogP contribution in [0.4, 0.5) is 0 Å². The summed E-state index contributed by atoms with van der Waals surface area (Å²) in [6.45, 7) is 5.37. The molecule has 0 spiro atoms. The highest BCUT2D eigenvalue weighted by Crippen LogP contribution is 2.28. The molecule has 1 aromatic heterocycles. The van der Waals surface area contributed by atoms with Gasteiger partial charge in [0, 0.05) is 35.6 Å². The summed E-state index contributed by atoms with van der Waals surface area (Å²) >= 11 is 0. The van der Waals surface area contributed by atoms with E-state index < -0.39 is 5.97 Å². The number of nitrogens with zero attached hydrogens (tertiary/aromatic N) is 1. The summed E-state index contributed by atoms with van der Waals surface area (Å²) in [5, 5.41) is 14.5. The summed E-state index contributed by atoms with van der Waals surface area (Å²) in [4.78, 5) is 11.9. The summed E-state index contributed by atoms with van der Waals surface area (Å²) in [5.74, 6) is -0.830. The van der Waals surface area contributed by atoms with Crippen LogP contribution < -0.4 is 5.32 Å². The minimum Gasteiger partial charge on any atom is -0.477 e. The first kappa shape index (κ1) is 17.0. The third kappa shape index (κ3) is 3.34. The van der Waals surface area contributed by atoms with E-state index in [1.165, 1.54) is 38.5 Å². The molecule has 4 nitrogen and oxygen atoms in total. The molecule has 1 saturated carbocycles. The van der Waals surface area contributed by atoms with Crippen LogP contribution in [0.2, 0.25) is 0 Å². The number of nitrogens with one attached hydrogen (secondary N) is 1. The van der Waals surface area contributed by atoms with Crippen molar-refractivity contribution < 1.29 is 9.90 Å². The summed E-state index contributed by atoms with van der Waals surface area (Å²) in [6, 6.07) is 6.76. The maximum atomic E-state index is 11.9. The lowest BCUT2D eigenvalue weighted by molar-refractivity contribution is 0.0684. The first-order valence-electron chi connectivity index (χ1n) is 9.20. The number of rotatable bonds is 5. The first-order valence-corrected chi connectivity index (χ1v) is 9.20. The lowest BCUT2D eigenvalue weighted by atomic mass is 10.1. The second kappa shape index (κ2) is 7.39. The maximum absolute atomic E-state index is 11.9. The van der Waals surface area contributed by atoms with Gasteiger partial charge in [-0.3, -0.25) is 0 Å².